The zero-order chi connectivity index (χ0) is 12.7. The van der Waals surface area contributed by atoms with Crippen LogP contribution in [0, 0.1) is 0 Å². The van der Waals surface area contributed by atoms with Crippen molar-refractivity contribution in [1.29, 1.82) is 0 Å². The average molecular weight is 290 g/mol. The van der Waals surface area contributed by atoms with Crippen molar-refractivity contribution >= 4 is 40.8 Å². The van der Waals surface area contributed by atoms with Gasteiger partial charge in [-0.2, -0.15) is 0 Å². The number of halogens is 3. The van der Waals surface area contributed by atoms with E-state index in [0.717, 1.165) is 14.0 Å². The van der Waals surface area contributed by atoms with Gasteiger partial charge in [-0.1, -0.05) is 34.8 Å². The van der Waals surface area contributed by atoms with Gasteiger partial charge in [-0.3, -0.25) is 4.79 Å². The standard InChI is InChI=1S/C3H8O.C2H4O2.CHCl3.CH4O.H2O/c1-3(2)4;1-2(3)4;2-1(3)4;1-2;/h3-4H,1-2H3;1H3,(H,3,4);1H;2H,1H3;1H2. The third-order valence-corrected chi connectivity index (χ3v) is 0. The van der Waals surface area contributed by atoms with Gasteiger partial charge in [0.15, 0.2) is 4.30 Å². The van der Waals surface area contributed by atoms with Crippen molar-refractivity contribution in [3.63, 3.8) is 0 Å². The van der Waals surface area contributed by atoms with Gasteiger partial charge in [0.25, 0.3) is 5.97 Å². The summed E-state index contributed by atoms with van der Waals surface area (Å²) in [7, 11) is 1.00. The highest BCUT2D eigenvalue weighted by Gasteiger charge is 1.78. The maximum absolute atomic E-state index is 9.00. The van der Waals surface area contributed by atoms with Crippen LogP contribution in [0.15, 0.2) is 0 Å². The van der Waals surface area contributed by atoms with Gasteiger partial charge in [0.1, 0.15) is 0 Å². The van der Waals surface area contributed by atoms with Gasteiger partial charge in [0, 0.05) is 20.1 Å². The fourth-order valence-electron chi connectivity index (χ4n) is 0. The molecule has 0 radical (unpaired) electrons. The lowest BCUT2D eigenvalue weighted by molar-refractivity contribution is -0.134. The van der Waals surface area contributed by atoms with Crippen molar-refractivity contribution in [3.05, 3.63) is 0 Å². The second-order valence-electron chi connectivity index (χ2n) is 1.86. The van der Waals surface area contributed by atoms with E-state index in [2.05, 4.69) is 0 Å². The molecule has 0 heterocycles. The van der Waals surface area contributed by atoms with E-state index < -0.39 is 10.3 Å². The molecule has 0 aliphatic carbocycles. The summed E-state index contributed by atoms with van der Waals surface area (Å²) in [5, 5.41) is 22.5. The summed E-state index contributed by atoms with van der Waals surface area (Å²) in [6.07, 6.45) is -0.167. The summed E-state index contributed by atoms with van der Waals surface area (Å²) in [4.78, 5) is 9.00. The van der Waals surface area contributed by atoms with E-state index in [1.54, 1.807) is 13.8 Å². The largest absolute Gasteiger partial charge is 0.481 e. The van der Waals surface area contributed by atoms with Crippen LogP contribution < -0.4 is 0 Å². The van der Waals surface area contributed by atoms with E-state index in [0.29, 0.717) is 0 Å². The Labute approximate surface area is 105 Å². The Hall–Kier alpha value is 0.220. The molecule has 0 aliphatic rings. The predicted molar refractivity (Wildman–Crippen MR) is 63.8 cm³/mol. The van der Waals surface area contributed by atoms with Crippen LogP contribution in [0.3, 0.4) is 0 Å². The molecule has 0 spiro atoms. The minimum absolute atomic E-state index is 0. The van der Waals surface area contributed by atoms with E-state index in [9.17, 15) is 0 Å². The van der Waals surface area contributed by atoms with E-state index in [1.807, 2.05) is 0 Å². The van der Waals surface area contributed by atoms with Crippen LogP contribution in [0.1, 0.15) is 20.8 Å². The van der Waals surface area contributed by atoms with Gasteiger partial charge in [0.2, 0.25) is 0 Å². The topological polar surface area (TPSA) is 109 Å². The molecule has 0 aromatic heterocycles. The number of carbonyl (C=O) groups is 1. The Morgan fingerprint density at radius 1 is 1.13 bits per heavy atom. The molecule has 0 aromatic rings. The molecule has 5 nitrogen and oxygen atoms in total. The van der Waals surface area contributed by atoms with Crippen LogP contribution in [0.4, 0.5) is 0 Å². The van der Waals surface area contributed by atoms with E-state index in [1.165, 1.54) is 0 Å². The molecule has 98 valence electrons. The zero-order valence-corrected chi connectivity index (χ0v) is 11.3. The molecule has 0 fully saturated rings. The second kappa shape index (κ2) is 29.2. The smallest absolute Gasteiger partial charge is 0.300 e. The first-order valence-electron chi connectivity index (χ1n) is 3.44. The molecule has 5 N–H and O–H groups in total. The van der Waals surface area contributed by atoms with Crippen LogP contribution in [0.2, 0.25) is 0 Å². The third kappa shape index (κ3) is 43900. The number of aliphatic carboxylic acids is 1. The minimum atomic E-state index is -0.833. The van der Waals surface area contributed by atoms with Crippen molar-refractivity contribution in [3.8, 4) is 0 Å². The summed E-state index contributed by atoms with van der Waals surface area (Å²) < 4.78 is -0.750. The Morgan fingerprint density at radius 3 is 1.13 bits per heavy atom. The summed E-state index contributed by atoms with van der Waals surface area (Å²) in [6, 6.07) is 0. The third-order valence-electron chi connectivity index (χ3n) is 0. The monoisotopic (exact) mass is 288 g/mol. The van der Waals surface area contributed by atoms with Gasteiger partial charge >= 0.3 is 0 Å². The average Bonchev–Trinajstić information content (AvgIpc) is 1.86. The lowest BCUT2D eigenvalue weighted by Crippen LogP contribution is -1.85. The van der Waals surface area contributed by atoms with Gasteiger partial charge in [0.05, 0.1) is 0 Å². The normalized spacial score (nSPS) is 6.87. The molecule has 0 aromatic carbocycles. The molecule has 0 unspecified atom stereocenters. The minimum Gasteiger partial charge on any atom is -0.481 e. The number of carboxylic acids is 1. The summed E-state index contributed by atoms with van der Waals surface area (Å²) >= 11 is 14.4. The van der Waals surface area contributed by atoms with Gasteiger partial charge in [-0.15, -0.1) is 0 Å². The number of aliphatic hydroxyl groups is 2. The molecular weight excluding hydrogens is 270 g/mol. The predicted octanol–water partition coefficient (Wildman–Crippen LogP) is 1.25. The van der Waals surface area contributed by atoms with Crippen molar-refractivity contribution < 1.29 is 25.6 Å². The fourth-order valence-corrected chi connectivity index (χ4v) is 0. The Balaban J connectivity index is -0.0000000298. The van der Waals surface area contributed by atoms with Crippen LogP contribution in [-0.4, -0.2) is 44.3 Å². The van der Waals surface area contributed by atoms with Crippen molar-refractivity contribution in [2.75, 3.05) is 7.11 Å². The number of aliphatic hydroxyl groups excluding tert-OH is 2. The number of alkyl halides is 3. The van der Waals surface area contributed by atoms with Crippen LogP contribution in [0.5, 0.6) is 0 Å². The number of hydrogen-bond acceptors (Lipinski definition) is 3. The van der Waals surface area contributed by atoms with Crippen LogP contribution in [-0.2, 0) is 4.79 Å². The molecule has 0 aliphatic heterocycles. The van der Waals surface area contributed by atoms with Crippen molar-refractivity contribution in [2.24, 2.45) is 0 Å². The lowest BCUT2D eigenvalue weighted by Gasteiger charge is -1.80. The molecule has 0 bridgehead atoms. The molecule has 8 heteroatoms. The molecule has 0 atom stereocenters. The Kier molecular flexibility index (Phi) is 57.4. The van der Waals surface area contributed by atoms with Gasteiger partial charge in [-0.05, 0) is 13.8 Å². The molecule has 0 saturated heterocycles. The van der Waals surface area contributed by atoms with Crippen molar-refractivity contribution in [2.45, 2.75) is 31.2 Å². The zero-order valence-electron chi connectivity index (χ0n) is 9.04. The maximum Gasteiger partial charge on any atom is 0.300 e. The highest BCUT2D eigenvalue weighted by atomic mass is 35.6. The highest BCUT2D eigenvalue weighted by molar-refractivity contribution is 6.63. The number of carboxylic acid groups (broad SMARTS) is 1. The van der Waals surface area contributed by atoms with E-state index in [-0.39, 0.29) is 11.6 Å². The maximum atomic E-state index is 9.00. The SMILES string of the molecule is CC(=O)O.CC(C)O.CO.ClC(Cl)Cl.O. The highest BCUT2D eigenvalue weighted by Crippen LogP contribution is 2.03. The van der Waals surface area contributed by atoms with E-state index >= 15 is 0 Å². The molecule has 0 amide bonds. The lowest BCUT2D eigenvalue weighted by atomic mass is 10.5. The van der Waals surface area contributed by atoms with Gasteiger partial charge < -0.3 is 20.8 Å². The summed E-state index contributed by atoms with van der Waals surface area (Å²) in [5.74, 6) is -0.833. The molecular formula is C7H19Cl3O5. The van der Waals surface area contributed by atoms with Crippen LogP contribution >= 0.6 is 34.8 Å². The molecule has 0 rings (SSSR count). The number of rotatable bonds is 0. The van der Waals surface area contributed by atoms with Gasteiger partial charge in [-0.25, -0.2) is 0 Å². The summed E-state index contributed by atoms with van der Waals surface area (Å²) in [6.45, 7) is 4.53. The summed E-state index contributed by atoms with van der Waals surface area (Å²) in [5.41, 5.74) is 0. The quantitative estimate of drug-likeness (QED) is 0.583. The Morgan fingerprint density at radius 2 is 1.13 bits per heavy atom. The Bertz CT molecular complexity index is 85.1. The molecule has 15 heavy (non-hydrogen) atoms. The van der Waals surface area contributed by atoms with E-state index in [4.69, 9.17) is 54.9 Å². The first-order valence-corrected chi connectivity index (χ1v) is 4.75. The first kappa shape index (κ1) is 29.5. The first-order chi connectivity index (χ1) is 6.20. The molecule has 0 saturated carbocycles. The second-order valence-corrected chi connectivity index (χ2v) is 3.84. The van der Waals surface area contributed by atoms with Crippen LogP contribution in [0.25, 0.3) is 0 Å². The van der Waals surface area contributed by atoms with Crippen molar-refractivity contribution in [1.82, 2.24) is 0 Å². The number of hydrogen-bond donors (Lipinski definition) is 3. The fraction of sp³-hybridized carbons (Fsp3) is 0.857.